The number of aromatic nitrogens is 2. The van der Waals surface area contributed by atoms with Gasteiger partial charge in [-0.25, -0.2) is 0 Å². The molecule has 0 saturated carbocycles. The van der Waals surface area contributed by atoms with E-state index in [0.717, 1.165) is 24.3 Å². The third kappa shape index (κ3) is 3.95. The Balaban J connectivity index is 1.96. The average molecular weight is 554 g/mol. The summed E-state index contributed by atoms with van der Waals surface area (Å²) < 4.78 is 56.5. The van der Waals surface area contributed by atoms with E-state index in [2.05, 4.69) is 9.97 Å². The molecule has 0 saturated heterocycles. The molecule has 0 fully saturated rings. The van der Waals surface area contributed by atoms with E-state index in [4.69, 9.17) is 0 Å². The highest BCUT2D eigenvalue weighted by atomic mass is 19.1. The van der Waals surface area contributed by atoms with Crippen molar-refractivity contribution in [3.63, 3.8) is 0 Å². The van der Waals surface area contributed by atoms with E-state index in [-0.39, 0.29) is 66.8 Å². The van der Waals surface area contributed by atoms with Crippen LogP contribution in [0.25, 0.3) is 33.4 Å². The molecule has 2 heterocycles. The fraction of sp³-hybridized carbons (Fsp3) is 0. The predicted molar refractivity (Wildman–Crippen MR) is 136 cm³/mol. The van der Waals surface area contributed by atoms with Crippen molar-refractivity contribution in [1.82, 2.24) is 9.97 Å². The van der Waals surface area contributed by atoms with E-state index in [1.165, 1.54) is 12.1 Å². The Bertz CT molecular complexity index is 1970. The van der Waals surface area contributed by atoms with E-state index in [1.54, 1.807) is 24.3 Å². The molecule has 0 bridgehead atoms. The fourth-order valence-electron chi connectivity index (χ4n) is 5.04. The second kappa shape index (κ2) is 10.0. The summed E-state index contributed by atoms with van der Waals surface area (Å²) in [5, 5.41) is 59.3. The minimum Gasteiger partial charge on any atom is -0.192 e. The highest BCUT2D eigenvalue weighted by Crippen LogP contribution is 2.54. The zero-order chi connectivity index (χ0) is 30.3. The summed E-state index contributed by atoms with van der Waals surface area (Å²) in [7, 11) is 0. The van der Waals surface area contributed by atoms with Gasteiger partial charge in [0.25, 0.3) is 0 Å². The zero-order valence-corrected chi connectivity index (χ0v) is 20.6. The van der Waals surface area contributed by atoms with Crippen LogP contribution >= 0.6 is 0 Å². The summed E-state index contributed by atoms with van der Waals surface area (Å²) in [6.45, 7) is 0. The number of nitrogens with zero attached hydrogens (tertiary/aromatic N) is 8. The molecule has 194 valence electrons. The van der Waals surface area contributed by atoms with Gasteiger partial charge in [-0.15, -0.1) is 0 Å². The van der Waals surface area contributed by atoms with Crippen LogP contribution in [0.2, 0.25) is 0 Å². The quantitative estimate of drug-likeness (QED) is 0.226. The van der Waals surface area contributed by atoms with Crippen LogP contribution in [-0.2, 0) is 0 Å². The number of hydrogen-bond acceptors (Lipinski definition) is 8. The number of pyridine rings is 2. The van der Waals surface area contributed by atoms with E-state index in [0.29, 0.717) is 0 Å². The van der Waals surface area contributed by atoms with Crippen LogP contribution < -0.4 is 0 Å². The lowest BCUT2D eigenvalue weighted by atomic mass is 9.89. The lowest BCUT2D eigenvalue weighted by molar-refractivity contribution is 0.511. The van der Waals surface area contributed by atoms with Crippen molar-refractivity contribution in [2.45, 2.75) is 0 Å². The molecule has 0 spiro atoms. The first kappa shape index (κ1) is 26.7. The van der Waals surface area contributed by atoms with E-state index >= 15 is 0 Å². The van der Waals surface area contributed by atoms with Crippen molar-refractivity contribution < 1.29 is 17.6 Å². The molecule has 12 heteroatoms. The van der Waals surface area contributed by atoms with Gasteiger partial charge in [0.1, 0.15) is 47.6 Å². The molecule has 2 aliphatic carbocycles. The Hall–Kier alpha value is -6.86. The Morgan fingerprint density at radius 2 is 0.786 bits per heavy atom. The number of nitriles is 6. The van der Waals surface area contributed by atoms with Crippen molar-refractivity contribution in [3.05, 3.63) is 105 Å². The van der Waals surface area contributed by atoms with E-state index in [9.17, 15) is 49.1 Å². The molecule has 0 amide bonds. The number of allylic oxidation sites excluding steroid dienone is 8. The van der Waals surface area contributed by atoms with Gasteiger partial charge in [-0.3, -0.25) is 0 Å². The summed E-state index contributed by atoms with van der Waals surface area (Å²) in [5.74, 6) is -4.96. The molecular weight excluding hydrogens is 548 g/mol. The average Bonchev–Trinajstić information content (AvgIpc) is 3.44. The van der Waals surface area contributed by atoms with Crippen molar-refractivity contribution in [2.75, 3.05) is 0 Å². The molecule has 1 aromatic carbocycles. The lowest BCUT2D eigenvalue weighted by Gasteiger charge is -2.11. The van der Waals surface area contributed by atoms with Gasteiger partial charge < -0.3 is 0 Å². The highest BCUT2D eigenvalue weighted by Gasteiger charge is 2.37. The molecule has 2 aromatic heterocycles. The topological polar surface area (TPSA) is 169 Å². The maximum absolute atomic E-state index is 14.1. The van der Waals surface area contributed by atoms with Gasteiger partial charge in [0.15, 0.2) is 0 Å². The summed E-state index contributed by atoms with van der Waals surface area (Å²) in [6.07, 6.45) is 0. The molecule has 8 nitrogen and oxygen atoms in total. The van der Waals surface area contributed by atoms with Crippen LogP contribution in [0.15, 0.2) is 47.5 Å². The fourth-order valence-corrected chi connectivity index (χ4v) is 5.04. The molecule has 0 radical (unpaired) electrons. The van der Waals surface area contributed by atoms with Crippen molar-refractivity contribution >= 4 is 33.4 Å². The second-order valence-electron chi connectivity index (χ2n) is 8.62. The molecule has 5 rings (SSSR count). The van der Waals surface area contributed by atoms with Crippen LogP contribution in [-0.4, -0.2) is 9.97 Å². The maximum Gasteiger partial charge on any atom is 0.216 e. The van der Waals surface area contributed by atoms with Crippen molar-refractivity contribution in [3.8, 4) is 36.4 Å². The number of benzene rings is 1. The zero-order valence-electron chi connectivity index (χ0n) is 20.6. The van der Waals surface area contributed by atoms with Gasteiger partial charge >= 0.3 is 0 Å². The molecular formula is C30H6F4N8. The number of halogens is 4. The van der Waals surface area contributed by atoms with Crippen molar-refractivity contribution in [1.29, 1.82) is 31.6 Å². The van der Waals surface area contributed by atoms with Crippen LogP contribution in [0.5, 0.6) is 0 Å². The summed E-state index contributed by atoms with van der Waals surface area (Å²) in [5.41, 5.74) is -2.43. The third-order valence-electron chi connectivity index (χ3n) is 6.51. The van der Waals surface area contributed by atoms with Crippen LogP contribution in [0.1, 0.15) is 33.4 Å². The van der Waals surface area contributed by atoms with Crippen LogP contribution in [0.3, 0.4) is 0 Å². The SMILES string of the molecule is N#CC(C#N)=C1C(c2cc(F)nc(F)c2)=C(C#N)c2cc3c(cc21)C(=C(C#N)C#N)C(c1cc(F)nc(F)c1)=C3C#N. The normalized spacial score (nSPS) is 12.8. The Kier molecular flexibility index (Phi) is 6.38. The van der Waals surface area contributed by atoms with Gasteiger partial charge in [-0.2, -0.15) is 59.1 Å². The number of rotatable bonds is 2. The molecule has 2 aliphatic rings. The Morgan fingerprint density at radius 3 is 1.07 bits per heavy atom. The highest BCUT2D eigenvalue weighted by molar-refractivity contribution is 6.29. The predicted octanol–water partition coefficient (Wildman–Crippen LogP) is 5.53. The van der Waals surface area contributed by atoms with Gasteiger partial charge in [-0.1, -0.05) is 0 Å². The minimum absolute atomic E-state index is 0.0365. The standard InChI is InChI=1S/C30H6F4N8/c31-23-1-13(2-24(32)41-23)27-21(11-39)17-5-18-20(6-19(17)29(27)15(7-35)8-36)30(16(9-37)10-38)28(22(18)12-40)14-3-25(33)42-26(34)4-14/h1-6H. The van der Waals surface area contributed by atoms with Crippen molar-refractivity contribution in [2.24, 2.45) is 0 Å². The van der Waals surface area contributed by atoms with Gasteiger partial charge in [0.2, 0.25) is 23.8 Å². The first-order valence-corrected chi connectivity index (χ1v) is 11.5. The van der Waals surface area contributed by atoms with E-state index in [1.807, 2.05) is 12.1 Å². The smallest absolute Gasteiger partial charge is 0.192 e. The summed E-state index contributed by atoms with van der Waals surface area (Å²) in [6, 6.07) is 16.5. The summed E-state index contributed by atoms with van der Waals surface area (Å²) >= 11 is 0. The largest absolute Gasteiger partial charge is 0.216 e. The number of hydrogen-bond donors (Lipinski definition) is 0. The first-order chi connectivity index (χ1) is 20.2. The van der Waals surface area contributed by atoms with Gasteiger partial charge in [-0.05, 0) is 34.4 Å². The second-order valence-corrected chi connectivity index (χ2v) is 8.62. The molecule has 42 heavy (non-hydrogen) atoms. The number of fused-ring (bicyclic) bond motifs is 2. The van der Waals surface area contributed by atoms with Gasteiger partial charge in [0, 0.05) is 57.7 Å². The molecule has 0 atom stereocenters. The Morgan fingerprint density at radius 1 is 0.476 bits per heavy atom. The first-order valence-electron chi connectivity index (χ1n) is 11.5. The summed E-state index contributed by atoms with van der Waals surface area (Å²) in [4.78, 5) is 6.07. The third-order valence-corrected chi connectivity index (χ3v) is 6.51. The Labute approximate surface area is 233 Å². The van der Waals surface area contributed by atoms with Gasteiger partial charge in [0.05, 0.1) is 11.1 Å². The van der Waals surface area contributed by atoms with E-state index < -0.39 is 34.9 Å². The monoisotopic (exact) mass is 554 g/mol. The van der Waals surface area contributed by atoms with Crippen LogP contribution in [0.4, 0.5) is 17.6 Å². The molecule has 3 aromatic rings. The minimum atomic E-state index is -1.24. The van der Waals surface area contributed by atoms with Crippen LogP contribution in [0, 0.1) is 91.8 Å². The molecule has 0 N–H and O–H groups in total. The maximum atomic E-state index is 14.1. The molecule has 0 unspecified atom stereocenters. The molecule has 0 aliphatic heterocycles. The lowest BCUT2D eigenvalue weighted by Crippen LogP contribution is -1.97.